The Kier molecular flexibility index (Phi) is 2.80. The summed E-state index contributed by atoms with van der Waals surface area (Å²) >= 11 is 0. The molecule has 0 fully saturated rings. The average Bonchev–Trinajstić information content (AvgIpc) is 2.06. The molecule has 0 unspecified atom stereocenters. The molecule has 0 aliphatic heterocycles. The summed E-state index contributed by atoms with van der Waals surface area (Å²) in [6.45, 7) is 3.81. The third kappa shape index (κ3) is 2.34. The number of hydrogen-bond acceptors (Lipinski definition) is 2. The molecule has 1 rings (SSSR count). The fourth-order valence-electron chi connectivity index (χ4n) is 0.823. The molecule has 1 heterocycles. The van der Waals surface area contributed by atoms with Crippen LogP contribution in [0.5, 0.6) is 0 Å². The van der Waals surface area contributed by atoms with Crippen molar-refractivity contribution in [3.05, 3.63) is 37.0 Å². The van der Waals surface area contributed by atoms with Gasteiger partial charge in [0.1, 0.15) is 0 Å². The molecular formula is C9H11N2O. The Morgan fingerprint density at radius 3 is 2.92 bits per heavy atom. The molecule has 0 N–H and O–H groups in total. The first-order chi connectivity index (χ1) is 5.70. The number of aromatic nitrogens is 1. The molecular weight excluding hydrogens is 152 g/mol. The highest BCUT2D eigenvalue weighted by atomic mass is 16.2. The van der Waals surface area contributed by atoms with Crippen LogP contribution in [-0.2, 0) is 11.3 Å². The Hall–Kier alpha value is -1.38. The summed E-state index contributed by atoms with van der Waals surface area (Å²) < 4.78 is 0. The van der Waals surface area contributed by atoms with Gasteiger partial charge in [-0.05, 0) is 12.1 Å². The van der Waals surface area contributed by atoms with E-state index >= 15 is 0 Å². The van der Waals surface area contributed by atoms with Crippen LogP contribution in [0.4, 0.5) is 0 Å². The molecule has 0 saturated carbocycles. The summed E-state index contributed by atoms with van der Waals surface area (Å²) in [4.78, 5) is 16.3. The van der Waals surface area contributed by atoms with Crippen molar-refractivity contribution in [2.24, 2.45) is 0 Å². The van der Waals surface area contributed by atoms with Crippen LogP contribution in [0.3, 0.4) is 0 Å². The van der Waals surface area contributed by atoms with Crippen molar-refractivity contribution in [1.82, 2.24) is 9.88 Å². The van der Waals surface area contributed by atoms with Crippen LogP contribution in [0.25, 0.3) is 0 Å². The van der Waals surface area contributed by atoms with E-state index in [4.69, 9.17) is 0 Å². The van der Waals surface area contributed by atoms with Crippen molar-refractivity contribution in [2.45, 2.75) is 6.54 Å². The number of pyridine rings is 1. The zero-order valence-corrected chi connectivity index (χ0v) is 7.03. The van der Waals surface area contributed by atoms with E-state index in [1.807, 2.05) is 18.2 Å². The highest BCUT2D eigenvalue weighted by Crippen LogP contribution is 1.97. The quantitative estimate of drug-likeness (QED) is 0.648. The van der Waals surface area contributed by atoms with Crippen LogP contribution < -0.4 is 0 Å². The maximum atomic E-state index is 10.7. The molecule has 1 aromatic heterocycles. The largest absolute Gasteiger partial charge is 0.340 e. The summed E-state index contributed by atoms with van der Waals surface area (Å²) in [5, 5.41) is 0. The zero-order chi connectivity index (χ0) is 8.97. The Morgan fingerprint density at radius 1 is 1.67 bits per heavy atom. The van der Waals surface area contributed by atoms with Crippen molar-refractivity contribution in [1.29, 1.82) is 0 Å². The number of rotatable bonds is 2. The van der Waals surface area contributed by atoms with Crippen molar-refractivity contribution in [2.75, 3.05) is 7.05 Å². The molecule has 0 saturated heterocycles. The number of amides is 1. The minimum Gasteiger partial charge on any atom is -0.340 e. The number of hydrogen-bond donors (Lipinski definition) is 0. The van der Waals surface area contributed by atoms with Crippen molar-refractivity contribution in [3.63, 3.8) is 0 Å². The third-order valence-electron chi connectivity index (χ3n) is 1.55. The summed E-state index contributed by atoms with van der Waals surface area (Å²) in [7, 11) is 1.70. The van der Waals surface area contributed by atoms with E-state index in [2.05, 4.69) is 11.9 Å². The summed E-state index contributed by atoms with van der Waals surface area (Å²) in [6, 6.07) is 5.61. The molecule has 0 aliphatic carbocycles. The second-order valence-electron chi connectivity index (χ2n) is 2.57. The van der Waals surface area contributed by atoms with E-state index < -0.39 is 0 Å². The molecule has 63 valence electrons. The highest BCUT2D eigenvalue weighted by Gasteiger charge is 2.02. The maximum absolute atomic E-state index is 10.7. The van der Waals surface area contributed by atoms with Crippen LogP contribution in [0.15, 0.2) is 24.4 Å². The van der Waals surface area contributed by atoms with Gasteiger partial charge in [0, 0.05) is 20.2 Å². The number of nitrogens with zero attached hydrogens (tertiary/aromatic N) is 2. The van der Waals surface area contributed by atoms with Gasteiger partial charge in [0.2, 0.25) is 5.91 Å². The molecule has 0 atom stereocenters. The second-order valence-corrected chi connectivity index (χ2v) is 2.57. The number of carbonyl (C=O) groups is 1. The predicted molar refractivity (Wildman–Crippen MR) is 46.1 cm³/mol. The predicted octanol–water partition coefficient (Wildman–Crippen LogP) is 0.874. The molecule has 0 bridgehead atoms. The van der Waals surface area contributed by atoms with Crippen LogP contribution >= 0.6 is 0 Å². The Balaban J connectivity index is 2.58. The van der Waals surface area contributed by atoms with Gasteiger partial charge < -0.3 is 4.90 Å². The first-order valence-corrected chi connectivity index (χ1v) is 3.67. The van der Waals surface area contributed by atoms with Crippen molar-refractivity contribution < 1.29 is 4.79 Å². The van der Waals surface area contributed by atoms with Crippen LogP contribution in [0.2, 0.25) is 0 Å². The van der Waals surface area contributed by atoms with E-state index in [-0.39, 0.29) is 5.91 Å². The normalized spacial score (nSPS) is 9.50. The molecule has 1 aromatic rings. The second kappa shape index (κ2) is 3.85. The smallest absolute Gasteiger partial charge is 0.223 e. The molecule has 0 aromatic carbocycles. The lowest BCUT2D eigenvalue weighted by Crippen LogP contribution is -2.23. The Labute approximate surface area is 72.0 Å². The van der Waals surface area contributed by atoms with Gasteiger partial charge >= 0.3 is 0 Å². The van der Waals surface area contributed by atoms with Gasteiger partial charge in [0.05, 0.1) is 12.2 Å². The first kappa shape index (κ1) is 8.71. The molecule has 3 nitrogen and oxygen atoms in total. The van der Waals surface area contributed by atoms with Crippen LogP contribution in [0.1, 0.15) is 5.69 Å². The lowest BCUT2D eigenvalue weighted by Gasteiger charge is -2.13. The SMILES string of the molecule is [CH2]C(=O)N(C)Cc1ccccn1. The van der Waals surface area contributed by atoms with E-state index in [0.717, 1.165) is 5.69 Å². The van der Waals surface area contributed by atoms with Crippen molar-refractivity contribution in [3.8, 4) is 0 Å². The minimum absolute atomic E-state index is 0.194. The Morgan fingerprint density at radius 2 is 2.42 bits per heavy atom. The fraction of sp³-hybridized carbons (Fsp3) is 0.222. The van der Waals surface area contributed by atoms with E-state index in [9.17, 15) is 4.79 Å². The molecule has 3 heteroatoms. The van der Waals surface area contributed by atoms with Gasteiger partial charge in [-0.3, -0.25) is 9.78 Å². The van der Waals surface area contributed by atoms with Gasteiger partial charge in [-0.2, -0.15) is 0 Å². The Bertz CT molecular complexity index is 258. The van der Waals surface area contributed by atoms with Gasteiger partial charge in [0.15, 0.2) is 0 Å². The molecule has 0 spiro atoms. The lowest BCUT2D eigenvalue weighted by molar-refractivity contribution is -0.125. The molecule has 1 amide bonds. The topological polar surface area (TPSA) is 33.2 Å². The molecule has 1 radical (unpaired) electrons. The highest BCUT2D eigenvalue weighted by molar-refractivity contribution is 5.79. The summed E-state index contributed by atoms with van der Waals surface area (Å²) in [5.74, 6) is -0.194. The molecule has 12 heavy (non-hydrogen) atoms. The fourth-order valence-corrected chi connectivity index (χ4v) is 0.823. The molecule has 0 aliphatic rings. The monoisotopic (exact) mass is 163 g/mol. The lowest BCUT2D eigenvalue weighted by atomic mass is 10.3. The zero-order valence-electron chi connectivity index (χ0n) is 7.03. The van der Waals surface area contributed by atoms with Crippen LogP contribution in [-0.4, -0.2) is 22.8 Å². The van der Waals surface area contributed by atoms with Crippen molar-refractivity contribution >= 4 is 5.91 Å². The van der Waals surface area contributed by atoms with E-state index in [0.29, 0.717) is 6.54 Å². The standard InChI is InChI=1S/C9H11N2O/c1-8(12)11(2)7-9-5-3-4-6-10-9/h3-6H,1,7H2,2H3. The van der Waals surface area contributed by atoms with Gasteiger partial charge in [-0.15, -0.1) is 0 Å². The first-order valence-electron chi connectivity index (χ1n) is 3.67. The third-order valence-corrected chi connectivity index (χ3v) is 1.55. The van der Waals surface area contributed by atoms with Crippen LogP contribution in [0, 0.1) is 6.92 Å². The van der Waals surface area contributed by atoms with Gasteiger partial charge in [0.25, 0.3) is 0 Å². The van der Waals surface area contributed by atoms with E-state index in [1.165, 1.54) is 4.90 Å². The maximum Gasteiger partial charge on any atom is 0.223 e. The average molecular weight is 163 g/mol. The van der Waals surface area contributed by atoms with Gasteiger partial charge in [-0.25, -0.2) is 0 Å². The summed E-state index contributed by atoms with van der Waals surface area (Å²) in [5.41, 5.74) is 0.872. The van der Waals surface area contributed by atoms with Gasteiger partial charge in [-0.1, -0.05) is 6.07 Å². The van der Waals surface area contributed by atoms with E-state index in [1.54, 1.807) is 13.2 Å². The number of carbonyl (C=O) groups excluding carboxylic acids is 1. The minimum atomic E-state index is -0.194. The summed E-state index contributed by atoms with van der Waals surface area (Å²) in [6.07, 6.45) is 1.71.